The molecule has 0 aromatic carbocycles. The van der Waals surface area contributed by atoms with Gasteiger partial charge >= 0.3 is 0 Å². The third-order valence-electron chi connectivity index (χ3n) is 3.44. The number of aromatic nitrogens is 2. The smallest absolute Gasteiger partial charge is 0.112 e. The molecule has 0 saturated carbocycles. The van der Waals surface area contributed by atoms with Crippen molar-refractivity contribution in [1.29, 1.82) is 0 Å². The molecule has 0 bridgehead atoms. The second kappa shape index (κ2) is 5.06. The van der Waals surface area contributed by atoms with E-state index in [2.05, 4.69) is 44.6 Å². The summed E-state index contributed by atoms with van der Waals surface area (Å²) >= 11 is 3.44. The Morgan fingerprint density at radius 3 is 3.05 bits per heavy atom. The van der Waals surface area contributed by atoms with Crippen LogP contribution in [0.4, 0.5) is 5.69 Å². The predicted octanol–water partition coefficient (Wildman–Crippen LogP) is 3.01. The number of morpholine rings is 1. The molecule has 0 aliphatic carbocycles. The van der Waals surface area contributed by atoms with Crippen LogP contribution in [0.15, 0.2) is 29.0 Å². The van der Waals surface area contributed by atoms with Gasteiger partial charge in [-0.3, -0.25) is 9.97 Å². The Labute approximate surface area is 120 Å². The van der Waals surface area contributed by atoms with Crippen molar-refractivity contribution in [1.82, 2.24) is 9.97 Å². The Morgan fingerprint density at radius 1 is 1.37 bits per heavy atom. The van der Waals surface area contributed by atoms with E-state index >= 15 is 0 Å². The largest absolute Gasteiger partial charge is 0.375 e. The molecule has 3 heterocycles. The van der Waals surface area contributed by atoms with Gasteiger partial charge in [-0.25, -0.2) is 0 Å². The van der Waals surface area contributed by atoms with Crippen LogP contribution in [-0.2, 0) is 4.74 Å². The fourth-order valence-electron chi connectivity index (χ4n) is 2.46. The molecule has 0 amide bonds. The first-order valence-electron chi connectivity index (χ1n) is 6.43. The topological polar surface area (TPSA) is 38.2 Å². The zero-order valence-corrected chi connectivity index (χ0v) is 12.6. The summed E-state index contributed by atoms with van der Waals surface area (Å²) in [6.45, 7) is 5.92. The lowest BCUT2D eigenvalue weighted by Crippen LogP contribution is -2.47. The highest BCUT2D eigenvalue weighted by Crippen LogP contribution is 2.28. The summed E-state index contributed by atoms with van der Waals surface area (Å²) in [6, 6.07) is 4.39. The highest BCUT2D eigenvalue weighted by atomic mass is 79.9. The Bertz CT molecular complexity index is 604. The summed E-state index contributed by atoms with van der Waals surface area (Å²) in [4.78, 5) is 11.3. The van der Waals surface area contributed by atoms with Crippen molar-refractivity contribution in [2.75, 3.05) is 18.1 Å². The fraction of sp³-hybridized carbons (Fsp3) is 0.429. The number of anilines is 1. The van der Waals surface area contributed by atoms with Gasteiger partial charge in [0.2, 0.25) is 0 Å². The van der Waals surface area contributed by atoms with Gasteiger partial charge in [0.25, 0.3) is 0 Å². The van der Waals surface area contributed by atoms with Crippen LogP contribution in [0.3, 0.4) is 0 Å². The summed E-state index contributed by atoms with van der Waals surface area (Å²) in [5.74, 6) is 0. The van der Waals surface area contributed by atoms with E-state index in [4.69, 9.17) is 4.74 Å². The summed E-state index contributed by atoms with van der Waals surface area (Å²) < 4.78 is 6.64. The number of halogens is 1. The van der Waals surface area contributed by atoms with Gasteiger partial charge in [-0.05, 0) is 41.9 Å². The minimum atomic E-state index is 0.245. The molecule has 1 aliphatic heterocycles. The van der Waals surface area contributed by atoms with E-state index in [1.807, 2.05) is 24.5 Å². The second-order valence-electron chi connectivity index (χ2n) is 5.00. The Morgan fingerprint density at radius 2 is 2.21 bits per heavy atom. The number of pyridine rings is 2. The molecule has 2 unspecified atom stereocenters. The van der Waals surface area contributed by atoms with Crippen LogP contribution in [-0.4, -0.2) is 35.3 Å². The number of ether oxygens (including phenoxy) is 1. The maximum Gasteiger partial charge on any atom is 0.112 e. The average Bonchev–Trinajstić information content (AvgIpc) is 2.40. The van der Waals surface area contributed by atoms with Crippen molar-refractivity contribution in [3.05, 3.63) is 29.0 Å². The first-order chi connectivity index (χ1) is 9.15. The van der Waals surface area contributed by atoms with Crippen molar-refractivity contribution in [2.45, 2.75) is 26.0 Å². The quantitative estimate of drug-likeness (QED) is 0.809. The molecule has 19 heavy (non-hydrogen) atoms. The van der Waals surface area contributed by atoms with E-state index in [-0.39, 0.29) is 6.10 Å². The first kappa shape index (κ1) is 12.8. The zero-order chi connectivity index (χ0) is 13.4. The number of rotatable bonds is 1. The maximum atomic E-state index is 5.69. The van der Waals surface area contributed by atoms with E-state index in [1.165, 1.54) is 0 Å². The van der Waals surface area contributed by atoms with Crippen LogP contribution in [0.1, 0.15) is 13.8 Å². The van der Waals surface area contributed by atoms with Crippen molar-refractivity contribution >= 4 is 32.7 Å². The lowest BCUT2D eigenvalue weighted by atomic mass is 10.1. The van der Waals surface area contributed by atoms with Crippen LogP contribution in [0, 0.1) is 0 Å². The molecule has 1 fully saturated rings. The van der Waals surface area contributed by atoms with Gasteiger partial charge in [-0.1, -0.05) is 0 Å². The molecule has 5 heteroatoms. The monoisotopic (exact) mass is 321 g/mol. The van der Waals surface area contributed by atoms with E-state index in [9.17, 15) is 0 Å². The molecule has 4 nitrogen and oxygen atoms in total. The zero-order valence-electron chi connectivity index (χ0n) is 11.0. The molecule has 1 saturated heterocycles. The molecule has 2 atom stereocenters. The number of hydrogen-bond acceptors (Lipinski definition) is 4. The van der Waals surface area contributed by atoms with E-state index in [0.29, 0.717) is 6.04 Å². The highest BCUT2D eigenvalue weighted by Gasteiger charge is 2.25. The summed E-state index contributed by atoms with van der Waals surface area (Å²) in [5, 5.41) is 0. The normalized spacial score (nSPS) is 23.8. The van der Waals surface area contributed by atoms with Gasteiger partial charge < -0.3 is 9.64 Å². The number of nitrogens with zero attached hydrogens (tertiary/aromatic N) is 3. The van der Waals surface area contributed by atoms with Crippen molar-refractivity contribution in [2.24, 2.45) is 0 Å². The molecular weight excluding hydrogens is 306 g/mol. The molecule has 2 aromatic heterocycles. The molecule has 1 aliphatic rings. The van der Waals surface area contributed by atoms with Gasteiger partial charge in [0.05, 0.1) is 23.9 Å². The summed E-state index contributed by atoms with van der Waals surface area (Å²) in [7, 11) is 0. The maximum absolute atomic E-state index is 5.69. The van der Waals surface area contributed by atoms with E-state index < -0.39 is 0 Å². The standard InChI is InChI=1S/C14H16BrN3O/c1-9-8-19-10(2)7-18(9)13-3-4-16-12-5-11(15)6-17-14(12)13/h3-6,9-10H,7-8H2,1-2H3. The molecule has 2 aromatic rings. The molecular formula is C14H16BrN3O. The second-order valence-corrected chi connectivity index (χ2v) is 5.91. The van der Waals surface area contributed by atoms with Crippen molar-refractivity contribution < 1.29 is 4.74 Å². The Kier molecular flexibility index (Phi) is 3.41. The van der Waals surface area contributed by atoms with Crippen LogP contribution < -0.4 is 4.90 Å². The minimum Gasteiger partial charge on any atom is -0.375 e. The molecule has 0 N–H and O–H groups in total. The van der Waals surface area contributed by atoms with E-state index in [0.717, 1.165) is 34.3 Å². The minimum absolute atomic E-state index is 0.245. The third-order valence-corrected chi connectivity index (χ3v) is 3.87. The van der Waals surface area contributed by atoms with Crippen LogP contribution >= 0.6 is 15.9 Å². The summed E-state index contributed by atoms with van der Waals surface area (Å²) in [6.07, 6.45) is 3.91. The molecule has 0 radical (unpaired) electrons. The fourth-order valence-corrected chi connectivity index (χ4v) is 2.78. The Hall–Kier alpha value is -1.20. The van der Waals surface area contributed by atoms with Gasteiger partial charge in [0, 0.05) is 29.5 Å². The van der Waals surface area contributed by atoms with Crippen molar-refractivity contribution in [3.63, 3.8) is 0 Å². The lowest BCUT2D eigenvalue weighted by molar-refractivity contribution is 0.0345. The van der Waals surface area contributed by atoms with Crippen LogP contribution in [0.5, 0.6) is 0 Å². The van der Waals surface area contributed by atoms with Crippen LogP contribution in [0.25, 0.3) is 11.0 Å². The van der Waals surface area contributed by atoms with Gasteiger partial charge in [-0.15, -0.1) is 0 Å². The molecule has 100 valence electrons. The Balaban J connectivity index is 2.09. The first-order valence-corrected chi connectivity index (χ1v) is 7.23. The number of hydrogen-bond donors (Lipinski definition) is 0. The van der Waals surface area contributed by atoms with E-state index in [1.54, 1.807) is 0 Å². The SMILES string of the molecule is CC1CN(c2ccnc3cc(Br)cnc23)C(C)CO1. The molecule has 0 spiro atoms. The van der Waals surface area contributed by atoms with Gasteiger partial charge in [0.15, 0.2) is 0 Å². The predicted molar refractivity (Wildman–Crippen MR) is 79.5 cm³/mol. The summed E-state index contributed by atoms with van der Waals surface area (Å²) in [5.41, 5.74) is 3.00. The average molecular weight is 322 g/mol. The number of fused-ring (bicyclic) bond motifs is 1. The van der Waals surface area contributed by atoms with Crippen LogP contribution in [0.2, 0.25) is 0 Å². The molecule has 3 rings (SSSR count). The highest BCUT2D eigenvalue weighted by molar-refractivity contribution is 9.10. The van der Waals surface area contributed by atoms with Gasteiger partial charge in [0.1, 0.15) is 5.52 Å². The third kappa shape index (κ3) is 2.44. The lowest BCUT2D eigenvalue weighted by Gasteiger charge is -2.38. The van der Waals surface area contributed by atoms with Crippen molar-refractivity contribution in [3.8, 4) is 0 Å². The van der Waals surface area contributed by atoms with Gasteiger partial charge in [-0.2, -0.15) is 0 Å².